The van der Waals surface area contributed by atoms with E-state index in [0.29, 0.717) is 41.1 Å². The second kappa shape index (κ2) is 9.37. The largest absolute Gasteiger partial charge is 0.490 e. The molecule has 9 heteroatoms. The van der Waals surface area contributed by atoms with Crippen LogP contribution in [0.4, 0.5) is 0 Å². The summed E-state index contributed by atoms with van der Waals surface area (Å²) in [6, 6.07) is 7.38. The molecule has 37 heavy (non-hydrogen) atoms. The number of carbonyl (C=O) groups is 1. The van der Waals surface area contributed by atoms with E-state index < -0.39 is 27.8 Å². The molecule has 5 rings (SSSR count). The van der Waals surface area contributed by atoms with Gasteiger partial charge in [0.2, 0.25) is 5.76 Å². The van der Waals surface area contributed by atoms with E-state index in [1.54, 1.807) is 36.4 Å². The van der Waals surface area contributed by atoms with Crippen LogP contribution in [0.25, 0.3) is 11.0 Å². The van der Waals surface area contributed by atoms with Gasteiger partial charge < -0.3 is 18.8 Å². The molecule has 8 nitrogen and oxygen atoms in total. The molecule has 0 saturated carbocycles. The van der Waals surface area contributed by atoms with Crippen molar-refractivity contribution in [2.45, 2.75) is 39.3 Å². The summed E-state index contributed by atoms with van der Waals surface area (Å²) in [5.74, 6) is 0.267. The quantitative estimate of drug-likeness (QED) is 0.430. The fourth-order valence-electron chi connectivity index (χ4n) is 5.18. The third kappa shape index (κ3) is 4.31. The predicted molar refractivity (Wildman–Crippen MR) is 140 cm³/mol. The molecule has 2 aliphatic rings. The van der Waals surface area contributed by atoms with Gasteiger partial charge in [-0.15, -0.1) is 0 Å². The van der Waals surface area contributed by atoms with E-state index in [9.17, 15) is 18.0 Å². The number of aryl methyl sites for hydroxylation is 2. The fraction of sp³-hybridized carbons (Fsp3) is 0.357. The minimum absolute atomic E-state index is 0.00915. The Kier molecular flexibility index (Phi) is 6.35. The van der Waals surface area contributed by atoms with Gasteiger partial charge in [-0.2, -0.15) is 0 Å². The number of fused-ring (bicyclic) bond motifs is 2. The molecule has 2 unspecified atom stereocenters. The number of rotatable bonds is 7. The minimum Gasteiger partial charge on any atom is -0.490 e. The normalized spacial score (nSPS) is 20.3. The van der Waals surface area contributed by atoms with Gasteiger partial charge in [0.05, 0.1) is 35.1 Å². The molecule has 1 fully saturated rings. The molecule has 1 amide bonds. The van der Waals surface area contributed by atoms with Gasteiger partial charge in [0.1, 0.15) is 12.2 Å². The fourth-order valence-corrected chi connectivity index (χ4v) is 6.89. The Hall–Kier alpha value is -3.59. The lowest BCUT2D eigenvalue weighted by atomic mass is 9.96. The molecule has 1 saturated heterocycles. The third-order valence-corrected chi connectivity index (χ3v) is 8.81. The molecule has 1 aromatic heterocycles. The Balaban J connectivity index is 1.73. The number of amides is 1. The van der Waals surface area contributed by atoms with Gasteiger partial charge in [-0.3, -0.25) is 9.59 Å². The lowest BCUT2D eigenvalue weighted by Crippen LogP contribution is -2.40. The van der Waals surface area contributed by atoms with E-state index in [1.165, 1.54) is 4.90 Å². The molecule has 0 radical (unpaired) electrons. The van der Waals surface area contributed by atoms with Crippen molar-refractivity contribution in [1.29, 1.82) is 0 Å². The maximum Gasteiger partial charge on any atom is 0.291 e. The average Bonchev–Trinajstić information content (AvgIpc) is 3.36. The molecular formula is C28H29NO7S. The van der Waals surface area contributed by atoms with Crippen LogP contribution >= 0.6 is 0 Å². The molecular weight excluding hydrogens is 494 g/mol. The maximum absolute atomic E-state index is 13.9. The summed E-state index contributed by atoms with van der Waals surface area (Å²) < 4.78 is 42.3. The summed E-state index contributed by atoms with van der Waals surface area (Å²) in [6.45, 7) is 10.0. The number of sulfone groups is 1. The molecule has 0 N–H and O–H groups in total. The SMILES string of the molecule is C=CCOc1ccc(C2c3c(oc4cc(C)c(C)cc4c3=O)C(=O)N2C2CCS(=O)(=O)C2)cc1OCC. The lowest BCUT2D eigenvalue weighted by molar-refractivity contribution is 0.0662. The summed E-state index contributed by atoms with van der Waals surface area (Å²) in [7, 11) is -3.30. The monoisotopic (exact) mass is 523 g/mol. The Labute approximate surface area is 215 Å². The van der Waals surface area contributed by atoms with Crippen molar-refractivity contribution < 1.29 is 27.1 Å². The molecule has 0 spiro atoms. The first kappa shape index (κ1) is 25.1. The average molecular weight is 524 g/mol. The Bertz CT molecular complexity index is 1590. The van der Waals surface area contributed by atoms with E-state index in [-0.39, 0.29) is 34.9 Å². The summed E-state index contributed by atoms with van der Waals surface area (Å²) in [5.41, 5.74) is 2.73. The molecule has 0 aliphatic carbocycles. The molecule has 2 aliphatic heterocycles. The van der Waals surface area contributed by atoms with Crippen molar-refractivity contribution in [3.05, 3.63) is 81.2 Å². The lowest BCUT2D eigenvalue weighted by Gasteiger charge is -2.30. The number of hydrogen-bond acceptors (Lipinski definition) is 7. The van der Waals surface area contributed by atoms with Crippen LogP contribution in [0.15, 0.2) is 52.2 Å². The van der Waals surface area contributed by atoms with E-state index >= 15 is 0 Å². The van der Waals surface area contributed by atoms with Gasteiger partial charge in [0.15, 0.2) is 26.8 Å². The van der Waals surface area contributed by atoms with Crippen LogP contribution < -0.4 is 14.9 Å². The number of carbonyl (C=O) groups excluding carboxylic acids is 1. The van der Waals surface area contributed by atoms with Crippen LogP contribution in [0, 0.1) is 13.8 Å². The van der Waals surface area contributed by atoms with Gasteiger partial charge in [0, 0.05) is 6.04 Å². The van der Waals surface area contributed by atoms with E-state index in [2.05, 4.69) is 6.58 Å². The first-order valence-electron chi connectivity index (χ1n) is 12.3. The summed E-state index contributed by atoms with van der Waals surface area (Å²) in [6.07, 6.45) is 1.92. The minimum atomic E-state index is -3.30. The highest BCUT2D eigenvalue weighted by atomic mass is 32.2. The maximum atomic E-state index is 13.9. The van der Waals surface area contributed by atoms with E-state index in [0.717, 1.165) is 11.1 Å². The van der Waals surface area contributed by atoms with Crippen molar-refractivity contribution in [3.63, 3.8) is 0 Å². The molecule has 2 atom stereocenters. The smallest absolute Gasteiger partial charge is 0.291 e. The van der Waals surface area contributed by atoms with Crippen molar-refractivity contribution in [1.82, 2.24) is 4.90 Å². The number of benzene rings is 2. The summed E-state index contributed by atoms with van der Waals surface area (Å²) in [4.78, 5) is 29.2. The van der Waals surface area contributed by atoms with Crippen LogP contribution in [0.3, 0.4) is 0 Å². The van der Waals surface area contributed by atoms with Gasteiger partial charge >= 0.3 is 0 Å². The highest BCUT2D eigenvalue weighted by molar-refractivity contribution is 7.91. The topological polar surface area (TPSA) is 103 Å². The first-order valence-corrected chi connectivity index (χ1v) is 14.1. The van der Waals surface area contributed by atoms with Crippen molar-refractivity contribution in [2.24, 2.45) is 0 Å². The summed E-state index contributed by atoms with van der Waals surface area (Å²) >= 11 is 0. The van der Waals surface area contributed by atoms with Crippen molar-refractivity contribution in [2.75, 3.05) is 24.7 Å². The van der Waals surface area contributed by atoms with Crippen LogP contribution in [0.1, 0.15) is 52.2 Å². The van der Waals surface area contributed by atoms with Crippen molar-refractivity contribution >= 4 is 26.7 Å². The predicted octanol–water partition coefficient (Wildman–Crippen LogP) is 4.11. The van der Waals surface area contributed by atoms with Crippen LogP contribution in [-0.2, 0) is 9.84 Å². The van der Waals surface area contributed by atoms with E-state index in [4.69, 9.17) is 13.9 Å². The second-order valence-corrected chi connectivity index (χ2v) is 11.7. The number of ether oxygens (including phenoxy) is 2. The Morgan fingerprint density at radius 3 is 2.54 bits per heavy atom. The van der Waals surface area contributed by atoms with Gasteiger partial charge in [-0.1, -0.05) is 18.7 Å². The molecule has 3 heterocycles. The van der Waals surface area contributed by atoms with Crippen LogP contribution in [0.2, 0.25) is 0 Å². The van der Waals surface area contributed by atoms with Crippen LogP contribution in [0.5, 0.6) is 11.5 Å². The first-order chi connectivity index (χ1) is 17.6. The third-order valence-electron chi connectivity index (χ3n) is 7.06. The van der Waals surface area contributed by atoms with Gasteiger partial charge in [-0.05, 0) is 68.1 Å². The Morgan fingerprint density at radius 2 is 1.86 bits per heavy atom. The molecule has 2 aromatic carbocycles. The molecule has 194 valence electrons. The van der Waals surface area contributed by atoms with Gasteiger partial charge in [0.25, 0.3) is 5.91 Å². The van der Waals surface area contributed by atoms with Crippen LogP contribution in [-0.4, -0.2) is 50.0 Å². The van der Waals surface area contributed by atoms with E-state index in [1.807, 2.05) is 20.8 Å². The number of nitrogens with zero attached hydrogens (tertiary/aromatic N) is 1. The molecule has 3 aromatic rings. The second-order valence-electron chi connectivity index (χ2n) is 9.52. The zero-order valence-electron chi connectivity index (χ0n) is 21.1. The van der Waals surface area contributed by atoms with Crippen molar-refractivity contribution in [3.8, 4) is 11.5 Å². The standard InChI is InChI=1S/C28H29NO7S/c1-5-10-35-21-8-7-18(14-23(21)34-6-2)25-24-26(30)20-12-16(3)17(4)13-22(20)36-27(24)28(31)29(25)19-9-11-37(32,33)15-19/h5,7-8,12-14,19,25H,1,6,9-11,15H2,2-4H3. The zero-order chi connectivity index (χ0) is 26.5. The molecule has 0 bridgehead atoms. The van der Waals surface area contributed by atoms with Gasteiger partial charge in [-0.25, -0.2) is 8.42 Å². The Morgan fingerprint density at radius 1 is 1.11 bits per heavy atom. The highest BCUT2D eigenvalue weighted by Gasteiger charge is 2.48. The zero-order valence-corrected chi connectivity index (χ0v) is 21.9. The number of hydrogen-bond donors (Lipinski definition) is 0. The summed E-state index contributed by atoms with van der Waals surface area (Å²) in [5, 5.41) is 0.386. The highest BCUT2D eigenvalue weighted by Crippen LogP contribution is 2.43.